The van der Waals surface area contributed by atoms with Crippen LogP contribution < -0.4 is 0 Å². The highest BCUT2D eigenvalue weighted by Crippen LogP contribution is 2.29. The van der Waals surface area contributed by atoms with Gasteiger partial charge in [0.25, 0.3) is 0 Å². The Hall–Kier alpha value is -3.28. The van der Waals surface area contributed by atoms with Gasteiger partial charge in [0.1, 0.15) is 5.52 Å². The van der Waals surface area contributed by atoms with Crippen molar-refractivity contribution in [2.24, 2.45) is 7.05 Å². The Morgan fingerprint density at radius 3 is 2.60 bits per heavy atom. The van der Waals surface area contributed by atoms with Crippen LogP contribution in [0.1, 0.15) is 27.5 Å². The monoisotopic (exact) mass is 345 g/mol. The molecule has 25 heavy (non-hydrogen) atoms. The predicted octanol–water partition coefficient (Wildman–Crippen LogP) is 2.87. The molecule has 3 aromatic rings. The first kappa shape index (κ1) is 16.6. The van der Waals surface area contributed by atoms with Crippen LogP contribution >= 0.6 is 0 Å². The molecule has 0 saturated heterocycles. The summed E-state index contributed by atoms with van der Waals surface area (Å²) in [5.74, 6) is -1.93. The molecule has 0 spiro atoms. The minimum absolute atomic E-state index is 0.0541. The first-order valence-electron chi connectivity index (χ1n) is 7.05. The lowest BCUT2D eigenvalue weighted by Gasteiger charge is -2.10. The zero-order chi connectivity index (χ0) is 18.2. The van der Waals surface area contributed by atoms with Crippen molar-refractivity contribution in [3.05, 3.63) is 53.7 Å². The summed E-state index contributed by atoms with van der Waals surface area (Å²) in [6.07, 6.45) is -1.09. The molecule has 0 N–H and O–H groups in total. The van der Waals surface area contributed by atoms with Gasteiger partial charge in [0.2, 0.25) is 0 Å². The number of nitrogens with zero attached hydrogens (tertiary/aromatic N) is 5. The minimum Gasteiger partial charge on any atom is -0.318 e. The zero-order valence-electron chi connectivity index (χ0n) is 12.8. The third-order valence-electron chi connectivity index (χ3n) is 3.64. The normalized spacial score (nSPS) is 12.8. The van der Waals surface area contributed by atoms with Crippen LogP contribution in [0.4, 0.5) is 13.2 Å². The number of halogens is 3. The maximum absolute atomic E-state index is 12.6. The van der Waals surface area contributed by atoms with Gasteiger partial charge in [0, 0.05) is 25.0 Å². The van der Waals surface area contributed by atoms with Gasteiger partial charge in [-0.15, -0.1) is 0 Å². The number of ketones is 1. The highest BCUT2D eigenvalue weighted by Gasteiger charge is 2.32. The predicted molar refractivity (Wildman–Crippen MR) is 80.4 cm³/mol. The maximum atomic E-state index is 12.6. The fraction of sp³-hybridized carbons (Fsp3) is 0.188. The number of carbonyl (C=O) groups excluding carboxylic acids is 1. The van der Waals surface area contributed by atoms with Gasteiger partial charge < -0.3 is 4.57 Å². The number of imidazole rings is 1. The van der Waals surface area contributed by atoms with Crippen molar-refractivity contribution in [1.82, 2.24) is 19.5 Å². The topological polar surface area (TPSA) is 84.5 Å². The molecule has 0 aliphatic heterocycles. The van der Waals surface area contributed by atoms with Crippen molar-refractivity contribution in [3.63, 3.8) is 0 Å². The highest BCUT2D eigenvalue weighted by atomic mass is 19.4. The van der Waals surface area contributed by atoms with E-state index in [4.69, 9.17) is 0 Å². The molecular formula is C16H10F3N5O. The molecule has 0 aliphatic rings. The largest absolute Gasteiger partial charge is 0.417 e. The summed E-state index contributed by atoms with van der Waals surface area (Å²) >= 11 is 0. The minimum atomic E-state index is -4.54. The second-order valence-electron chi connectivity index (χ2n) is 5.32. The molecule has 3 heterocycles. The van der Waals surface area contributed by atoms with E-state index < -0.39 is 23.4 Å². The number of nitriles is 1. The summed E-state index contributed by atoms with van der Waals surface area (Å²) in [5, 5.41) is 9.28. The molecule has 126 valence electrons. The summed E-state index contributed by atoms with van der Waals surface area (Å²) in [6.45, 7) is 0. The van der Waals surface area contributed by atoms with Gasteiger partial charge >= 0.3 is 6.18 Å². The van der Waals surface area contributed by atoms with Crippen LogP contribution in [-0.2, 0) is 13.2 Å². The summed E-state index contributed by atoms with van der Waals surface area (Å²) < 4.78 is 39.4. The number of carbonyl (C=O) groups is 1. The third-order valence-corrected chi connectivity index (χ3v) is 3.64. The Kier molecular flexibility index (Phi) is 3.96. The standard InChI is InChI=1S/C16H10F3N5O/c1-24-8-23-13-4-9(6-22-15(13)24)14(25)11(5-20)12-3-2-10(7-21-12)16(17,18)19/h2-4,6-8,11H,1H3. The Balaban J connectivity index is 1.94. The summed E-state index contributed by atoms with van der Waals surface area (Å²) in [6, 6.07) is 5.09. The molecule has 6 nitrogen and oxygen atoms in total. The molecule has 3 aromatic heterocycles. The van der Waals surface area contributed by atoms with Gasteiger partial charge in [-0.05, 0) is 18.2 Å². The Labute approximate surface area is 139 Å². The fourth-order valence-electron chi connectivity index (χ4n) is 2.32. The van der Waals surface area contributed by atoms with Crippen LogP contribution in [0.2, 0.25) is 0 Å². The lowest BCUT2D eigenvalue weighted by molar-refractivity contribution is -0.137. The SMILES string of the molecule is Cn1cnc2cc(C(=O)C(C#N)c3ccc(C(F)(F)F)cn3)cnc21. The van der Waals surface area contributed by atoms with E-state index in [1.54, 1.807) is 17.7 Å². The quantitative estimate of drug-likeness (QED) is 0.682. The number of fused-ring (bicyclic) bond motifs is 1. The van der Waals surface area contributed by atoms with E-state index in [0.717, 1.165) is 12.1 Å². The summed E-state index contributed by atoms with van der Waals surface area (Å²) in [7, 11) is 1.74. The van der Waals surface area contributed by atoms with Crippen molar-refractivity contribution >= 4 is 16.9 Å². The van der Waals surface area contributed by atoms with E-state index >= 15 is 0 Å². The fourth-order valence-corrected chi connectivity index (χ4v) is 2.32. The van der Waals surface area contributed by atoms with Crippen molar-refractivity contribution in [2.75, 3.05) is 0 Å². The average Bonchev–Trinajstić information content (AvgIpc) is 2.96. The van der Waals surface area contributed by atoms with Crippen molar-refractivity contribution in [2.45, 2.75) is 12.1 Å². The van der Waals surface area contributed by atoms with Crippen molar-refractivity contribution in [1.29, 1.82) is 5.26 Å². The number of hydrogen-bond donors (Lipinski definition) is 0. The number of rotatable bonds is 3. The first-order valence-corrected chi connectivity index (χ1v) is 7.05. The van der Waals surface area contributed by atoms with Gasteiger partial charge in [-0.25, -0.2) is 9.97 Å². The number of Topliss-reactive ketones (excluding diaryl/α,β-unsaturated/α-hetero) is 1. The van der Waals surface area contributed by atoms with E-state index in [2.05, 4.69) is 15.0 Å². The number of hydrogen-bond acceptors (Lipinski definition) is 5. The van der Waals surface area contributed by atoms with Crippen LogP contribution in [0, 0.1) is 11.3 Å². The molecule has 0 aromatic carbocycles. The number of aryl methyl sites for hydroxylation is 1. The third kappa shape index (κ3) is 3.06. The van der Waals surface area contributed by atoms with Gasteiger partial charge in [-0.2, -0.15) is 18.4 Å². The number of alkyl halides is 3. The zero-order valence-corrected chi connectivity index (χ0v) is 12.8. The summed E-state index contributed by atoms with van der Waals surface area (Å²) in [4.78, 5) is 24.4. The van der Waals surface area contributed by atoms with Crippen LogP contribution in [0.5, 0.6) is 0 Å². The van der Waals surface area contributed by atoms with Crippen molar-refractivity contribution in [3.8, 4) is 6.07 Å². The van der Waals surface area contributed by atoms with Crippen molar-refractivity contribution < 1.29 is 18.0 Å². The van der Waals surface area contributed by atoms with Crippen LogP contribution in [0.15, 0.2) is 36.9 Å². The Morgan fingerprint density at radius 2 is 2.00 bits per heavy atom. The van der Waals surface area contributed by atoms with Crippen LogP contribution in [0.25, 0.3) is 11.2 Å². The molecule has 0 bridgehead atoms. The van der Waals surface area contributed by atoms with Gasteiger partial charge in [-0.1, -0.05) is 0 Å². The molecule has 0 fully saturated rings. The second kappa shape index (κ2) is 5.98. The molecule has 0 amide bonds. The molecule has 3 rings (SSSR count). The molecular weight excluding hydrogens is 335 g/mol. The molecule has 1 atom stereocenters. The lowest BCUT2D eigenvalue weighted by atomic mass is 9.96. The Morgan fingerprint density at radius 1 is 1.24 bits per heavy atom. The molecule has 0 saturated carbocycles. The number of aromatic nitrogens is 4. The highest BCUT2D eigenvalue weighted by molar-refractivity contribution is 6.03. The molecule has 0 radical (unpaired) electrons. The number of pyridine rings is 2. The van der Waals surface area contributed by atoms with E-state index in [1.165, 1.54) is 18.6 Å². The average molecular weight is 345 g/mol. The lowest BCUT2D eigenvalue weighted by Crippen LogP contribution is -2.14. The molecule has 1 unspecified atom stereocenters. The second-order valence-corrected chi connectivity index (χ2v) is 5.32. The molecule has 0 aliphatic carbocycles. The smallest absolute Gasteiger partial charge is 0.318 e. The van der Waals surface area contributed by atoms with E-state index in [0.29, 0.717) is 17.4 Å². The molecule has 9 heteroatoms. The first-order chi connectivity index (χ1) is 11.8. The Bertz CT molecular complexity index is 986. The van der Waals surface area contributed by atoms with E-state index in [-0.39, 0.29) is 11.3 Å². The van der Waals surface area contributed by atoms with E-state index in [1.807, 2.05) is 0 Å². The van der Waals surface area contributed by atoms with Gasteiger partial charge in [-0.3, -0.25) is 9.78 Å². The van der Waals surface area contributed by atoms with Gasteiger partial charge in [0.15, 0.2) is 17.3 Å². The maximum Gasteiger partial charge on any atom is 0.417 e. The van der Waals surface area contributed by atoms with Crippen LogP contribution in [-0.4, -0.2) is 25.3 Å². The summed E-state index contributed by atoms with van der Waals surface area (Å²) in [5.41, 5.74) is 0.182. The van der Waals surface area contributed by atoms with E-state index in [9.17, 15) is 23.2 Å². The van der Waals surface area contributed by atoms with Gasteiger partial charge in [0.05, 0.1) is 23.7 Å². The van der Waals surface area contributed by atoms with Crippen LogP contribution in [0.3, 0.4) is 0 Å².